The third-order valence-electron chi connectivity index (χ3n) is 3.22. The van der Waals surface area contributed by atoms with Crippen LogP contribution in [0.15, 0.2) is 23.2 Å². The van der Waals surface area contributed by atoms with E-state index in [1.807, 2.05) is 0 Å². The van der Waals surface area contributed by atoms with Crippen LogP contribution in [0.1, 0.15) is 29.5 Å². The zero-order chi connectivity index (χ0) is 10.8. The van der Waals surface area contributed by atoms with Gasteiger partial charge in [0.05, 0.1) is 6.54 Å². The number of hydrogen-bond acceptors (Lipinski definition) is 2. The maximum atomic E-state index is 4.49. The number of rotatable bonds is 2. The molecule has 0 radical (unpaired) electrons. The van der Waals surface area contributed by atoms with Crippen LogP contribution in [0.3, 0.4) is 0 Å². The lowest BCUT2D eigenvalue weighted by Crippen LogP contribution is -2.24. The van der Waals surface area contributed by atoms with Crippen LogP contribution in [0.5, 0.6) is 0 Å². The van der Waals surface area contributed by atoms with Crippen molar-refractivity contribution in [3.63, 3.8) is 0 Å². The van der Waals surface area contributed by atoms with Crippen LogP contribution in [0.25, 0.3) is 0 Å². The lowest BCUT2D eigenvalue weighted by atomic mass is 9.93. The molecule has 1 heterocycles. The van der Waals surface area contributed by atoms with Gasteiger partial charge in [-0.25, -0.2) is 0 Å². The van der Waals surface area contributed by atoms with E-state index in [0.29, 0.717) is 5.92 Å². The number of benzene rings is 1. The van der Waals surface area contributed by atoms with Gasteiger partial charge < -0.3 is 5.32 Å². The van der Waals surface area contributed by atoms with Gasteiger partial charge in [-0.1, -0.05) is 25.1 Å². The molecule has 2 heteroatoms. The summed E-state index contributed by atoms with van der Waals surface area (Å²) >= 11 is 0. The first-order chi connectivity index (χ1) is 7.20. The Balaban J connectivity index is 2.32. The van der Waals surface area contributed by atoms with E-state index >= 15 is 0 Å². The lowest BCUT2D eigenvalue weighted by Gasteiger charge is -2.16. The molecule has 80 valence electrons. The van der Waals surface area contributed by atoms with Crippen LogP contribution in [-0.4, -0.2) is 18.9 Å². The molecule has 0 bridgehead atoms. The first kappa shape index (κ1) is 10.2. The summed E-state index contributed by atoms with van der Waals surface area (Å²) in [5, 5.41) is 3.35. The Morgan fingerprint density at radius 3 is 2.80 bits per heavy atom. The topological polar surface area (TPSA) is 24.4 Å². The molecule has 1 N–H and O–H groups in total. The molecular weight excluding hydrogens is 184 g/mol. The average molecular weight is 202 g/mol. The molecule has 1 aliphatic rings. The minimum atomic E-state index is 0.396. The highest BCUT2D eigenvalue weighted by atomic mass is 15.1. The van der Waals surface area contributed by atoms with Crippen molar-refractivity contribution in [1.29, 1.82) is 0 Å². The number of hydrogen-bond donors (Lipinski definition) is 1. The van der Waals surface area contributed by atoms with Gasteiger partial charge in [-0.05, 0) is 30.5 Å². The summed E-state index contributed by atoms with van der Waals surface area (Å²) in [5.74, 6) is 1.54. The van der Waals surface area contributed by atoms with Crippen LogP contribution >= 0.6 is 0 Å². The van der Waals surface area contributed by atoms with E-state index in [0.717, 1.165) is 18.9 Å². The van der Waals surface area contributed by atoms with E-state index in [9.17, 15) is 0 Å². The summed E-state index contributed by atoms with van der Waals surface area (Å²) in [7, 11) is 0. The van der Waals surface area contributed by atoms with Crippen LogP contribution in [0.2, 0.25) is 0 Å². The number of nitrogens with zero attached hydrogens (tertiary/aromatic N) is 1. The van der Waals surface area contributed by atoms with Gasteiger partial charge in [0, 0.05) is 12.5 Å². The summed E-state index contributed by atoms with van der Waals surface area (Å²) in [6.45, 7) is 8.49. The summed E-state index contributed by atoms with van der Waals surface area (Å²) < 4.78 is 0. The minimum absolute atomic E-state index is 0.396. The van der Waals surface area contributed by atoms with Crippen molar-refractivity contribution in [3.8, 4) is 0 Å². The van der Waals surface area contributed by atoms with Crippen molar-refractivity contribution < 1.29 is 0 Å². The van der Waals surface area contributed by atoms with E-state index in [2.05, 4.69) is 49.3 Å². The van der Waals surface area contributed by atoms with E-state index in [1.54, 1.807) is 0 Å². The molecule has 2 nitrogen and oxygen atoms in total. The molecule has 2 rings (SSSR count). The van der Waals surface area contributed by atoms with E-state index in [1.165, 1.54) is 16.7 Å². The SMILES string of the molecule is Cc1cccc(C(C)C2=NCCN2)c1C. The molecule has 15 heavy (non-hydrogen) atoms. The van der Waals surface area contributed by atoms with Crippen molar-refractivity contribution in [2.45, 2.75) is 26.7 Å². The highest BCUT2D eigenvalue weighted by molar-refractivity contribution is 5.90. The Morgan fingerprint density at radius 2 is 2.13 bits per heavy atom. The lowest BCUT2D eigenvalue weighted by molar-refractivity contribution is 0.912. The van der Waals surface area contributed by atoms with Crippen molar-refractivity contribution >= 4 is 5.84 Å². The van der Waals surface area contributed by atoms with Crippen LogP contribution < -0.4 is 5.32 Å². The molecule has 1 unspecified atom stereocenters. The van der Waals surface area contributed by atoms with E-state index < -0.39 is 0 Å². The Morgan fingerprint density at radius 1 is 1.33 bits per heavy atom. The Labute approximate surface area is 91.4 Å². The molecule has 0 aromatic heterocycles. The first-order valence-electron chi connectivity index (χ1n) is 5.54. The molecule has 0 fully saturated rings. The molecule has 0 aliphatic carbocycles. The van der Waals surface area contributed by atoms with Gasteiger partial charge in [-0.15, -0.1) is 0 Å². The zero-order valence-corrected chi connectivity index (χ0v) is 9.67. The summed E-state index contributed by atoms with van der Waals surface area (Å²) in [5.41, 5.74) is 4.14. The fraction of sp³-hybridized carbons (Fsp3) is 0.462. The van der Waals surface area contributed by atoms with Crippen LogP contribution in [0.4, 0.5) is 0 Å². The minimum Gasteiger partial charge on any atom is -0.371 e. The number of amidine groups is 1. The van der Waals surface area contributed by atoms with Crippen LogP contribution in [-0.2, 0) is 0 Å². The molecule has 1 aromatic rings. The van der Waals surface area contributed by atoms with E-state index in [-0.39, 0.29) is 0 Å². The molecule has 0 saturated carbocycles. The predicted molar refractivity (Wildman–Crippen MR) is 64.6 cm³/mol. The Hall–Kier alpha value is -1.31. The van der Waals surface area contributed by atoms with Crippen molar-refractivity contribution in [2.75, 3.05) is 13.1 Å². The quantitative estimate of drug-likeness (QED) is 0.782. The normalized spacial score (nSPS) is 17.1. The third kappa shape index (κ3) is 1.89. The number of nitrogens with one attached hydrogen (secondary N) is 1. The summed E-state index contributed by atoms with van der Waals surface area (Å²) in [6.07, 6.45) is 0. The fourth-order valence-electron chi connectivity index (χ4n) is 2.10. The summed E-state index contributed by atoms with van der Waals surface area (Å²) in [4.78, 5) is 4.49. The van der Waals surface area contributed by atoms with Gasteiger partial charge in [-0.2, -0.15) is 0 Å². The second-order valence-electron chi connectivity index (χ2n) is 4.20. The number of aliphatic imine (C=N–C) groups is 1. The van der Waals surface area contributed by atoms with E-state index in [4.69, 9.17) is 0 Å². The molecule has 0 saturated heterocycles. The van der Waals surface area contributed by atoms with Crippen molar-refractivity contribution in [1.82, 2.24) is 5.32 Å². The summed E-state index contributed by atoms with van der Waals surface area (Å²) in [6, 6.07) is 6.49. The Bertz CT molecular complexity index is 394. The maximum absolute atomic E-state index is 4.49. The third-order valence-corrected chi connectivity index (χ3v) is 3.22. The van der Waals surface area contributed by atoms with Gasteiger partial charge in [0.15, 0.2) is 0 Å². The standard InChI is InChI=1S/C13H18N2/c1-9-5-4-6-12(10(9)2)11(3)13-14-7-8-15-13/h4-6,11H,7-8H2,1-3H3,(H,14,15). The molecular formula is C13H18N2. The molecule has 1 atom stereocenters. The van der Waals surface area contributed by atoms with Gasteiger partial charge >= 0.3 is 0 Å². The zero-order valence-electron chi connectivity index (χ0n) is 9.67. The molecule has 1 aliphatic heterocycles. The molecule has 0 spiro atoms. The second-order valence-corrected chi connectivity index (χ2v) is 4.20. The molecule has 0 amide bonds. The second kappa shape index (κ2) is 4.05. The fourth-order valence-corrected chi connectivity index (χ4v) is 2.10. The van der Waals surface area contributed by atoms with Gasteiger partial charge in [-0.3, -0.25) is 4.99 Å². The highest BCUT2D eigenvalue weighted by Gasteiger charge is 2.17. The van der Waals surface area contributed by atoms with Gasteiger partial charge in [0.2, 0.25) is 0 Å². The molecule has 1 aromatic carbocycles. The smallest absolute Gasteiger partial charge is 0.104 e. The highest BCUT2D eigenvalue weighted by Crippen LogP contribution is 2.23. The first-order valence-corrected chi connectivity index (χ1v) is 5.54. The Kier molecular flexibility index (Phi) is 2.76. The monoisotopic (exact) mass is 202 g/mol. The predicted octanol–water partition coefficient (Wildman–Crippen LogP) is 2.41. The largest absolute Gasteiger partial charge is 0.371 e. The van der Waals surface area contributed by atoms with Crippen LogP contribution in [0, 0.1) is 13.8 Å². The maximum Gasteiger partial charge on any atom is 0.104 e. The van der Waals surface area contributed by atoms with Crippen molar-refractivity contribution in [2.24, 2.45) is 4.99 Å². The average Bonchev–Trinajstić information content (AvgIpc) is 2.74. The number of aryl methyl sites for hydroxylation is 1. The van der Waals surface area contributed by atoms with Gasteiger partial charge in [0.1, 0.15) is 5.84 Å². The van der Waals surface area contributed by atoms with Gasteiger partial charge in [0.25, 0.3) is 0 Å². The van der Waals surface area contributed by atoms with Crippen molar-refractivity contribution in [3.05, 3.63) is 34.9 Å².